The number of aliphatic hydroxyl groups excluding tert-OH is 1. The number of aliphatic carboxylic acids is 1. The number of benzene rings is 1. The summed E-state index contributed by atoms with van der Waals surface area (Å²) in [4.78, 5) is 11.0. The number of sulfonamides is 1. The zero-order chi connectivity index (χ0) is 16.5. The Hall–Kier alpha value is -1.35. The van der Waals surface area contributed by atoms with Gasteiger partial charge in [-0.15, -0.1) is 0 Å². The van der Waals surface area contributed by atoms with Crippen molar-refractivity contribution in [1.29, 1.82) is 0 Å². The maximum Gasteiger partial charge on any atom is 0.310 e. The van der Waals surface area contributed by atoms with Crippen molar-refractivity contribution in [2.24, 2.45) is 5.92 Å². The van der Waals surface area contributed by atoms with Gasteiger partial charge in [0.05, 0.1) is 29.0 Å². The smallest absolute Gasteiger partial charge is 0.310 e. The Balaban J connectivity index is 2.30. The number of carboxylic acids is 1. The second-order valence-corrected chi connectivity index (χ2v) is 7.31. The van der Waals surface area contributed by atoms with E-state index in [1.165, 1.54) is 25.3 Å². The molecular weight excluding hydrogens is 334 g/mol. The SMILES string of the molecule is COc1ccc(S(=O)(=O)N2CC[C@@H](O)[C@@H](C(=O)O)C2)cc1Cl. The Morgan fingerprint density at radius 3 is 2.68 bits per heavy atom. The summed E-state index contributed by atoms with van der Waals surface area (Å²) in [5.41, 5.74) is 0. The summed E-state index contributed by atoms with van der Waals surface area (Å²) in [6.45, 7) is -0.223. The maximum absolute atomic E-state index is 12.6. The van der Waals surface area contributed by atoms with Crippen LogP contribution in [0.2, 0.25) is 5.02 Å². The summed E-state index contributed by atoms with van der Waals surface area (Å²) < 4.78 is 31.2. The van der Waals surface area contributed by atoms with Gasteiger partial charge in [-0.2, -0.15) is 4.31 Å². The van der Waals surface area contributed by atoms with Crippen molar-refractivity contribution in [3.05, 3.63) is 23.2 Å². The van der Waals surface area contributed by atoms with Crippen LogP contribution in [-0.4, -0.2) is 55.2 Å². The normalized spacial score (nSPS) is 23.2. The first-order chi connectivity index (χ1) is 10.3. The molecule has 1 heterocycles. The number of carboxylic acid groups (broad SMARTS) is 1. The van der Waals surface area contributed by atoms with Crippen molar-refractivity contribution in [3.63, 3.8) is 0 Å². The van der Waals surface area contributed by atoms with Gasteiger partial charge in [0, 0.05) is 13.1 Å². The quantitative estimate of drug-likeness (QED) is 0.833. The molecule has 2 rings (SSSR count). The molecule has 0 spiro atoms. The number of rotatable bonds is 4. The van der Waals surface area contributed by atoms with E-state index < -0.39 is 28.0 Å². The maximum atomic E-state index is 12.6. The molecule has 0 radical (unpaired) electrons. The highest BCUT2D eigenvalue weighted by molar-refractivity contribution is 7.89. The summed E-state index contributed by atoms with van der Waals surface area (Å²) in [6.07, 6.45) is -0.983. The summed E-state index contributed by atoms with van der Waals surface area (Å²) in [6, 6.07) is 4.04. The summed E-state index contributed by atoms with van der Waals surface area (Å²) in [7, 11) is -2.46. The predicted octanol–water partition coefficient (Wildman–Crippen LogP) is 0.805. The molecule has 122 valence electrons. The zero-order valence-electron chi connectivity index (χ0n) is 11.8. The first-order valence-electron chi connectivity index (χ1n) is 6.52. The average Bonchev–Trinajstić information content (AvgIpc) is 2.47. The van der Waals surface area contributed by atoms with E-state index in [1.54, 1.807) is 0 Å². The molecule has 0 unspecified atom stereocenters. The minimum atomic E-state index is -3.88. The number of ether oxygens (including phenoxy) is 1. The number of halogens is 1. The van der Waals surface area contributed by atoms with Crippen molar-refractivity contribution in [3.8, 4) is 5.75 Å². The van der Waals surface area contributed by atoms with E-state index in [0.717, 1.165) is 4.31 Å². The van der Waals surface area contributed by atoms with Gasteiger partial charge in [-0.3, -0.25) is 4.79 Å². The number of hydrogen-bond acceptors (Lipinski definition) is 5. The lowest BCUT2D eigenvalue weighted by molar-refractivity contribution is -0.147. The molecule has 2 atom stereocenters. The van der Waals surface area contributed by atoms with Gasteiger partial charge in [0.25, 0.3) is 0 Å². The third-order valence-corrected chi connectivity index (χ3v) is 5.77. The van der Waals surface area contributed by atoms with Crippen molar-refractivity contribution < 1.29 is 28.2 Å². The Morgan fingerprint density at radius 2 is 2.14 bits per heavy atom. The minimum Gasteiger partial charge on any atom is -0.495 e. The molecule has 1 fully saturated rings. The Labute approximate surface area is 133 Å². The fraction of sp³-hybridized carbons (Fsp3) is 0.462. The highest BCUT2D eigenvalue weighted by Gasteiger charge is 2.38. The van der Waals surface area contributed by atoms with Gasteiger partial charge in [-0.05, 0) is 24.6 Å². The molecule has 22 heavy (non-hydrogen) atoms. The predicted molar refractivity (Wildman–Crippen MR) is 78.5 cm³/mol. The lowest BCUT2D eigenvalue weighted by Gasteiger charge is -2.33. The first-order valence-corrected chi connectivity index (χ1v) is 8.33. The van der Waals surface area contributed by atoms with E-state index in [9.17, 15) is 18.3 Å². The van der Waals surface area contributed by atoms with Gasteiger partial charge in [0.15, 0.2) is 0 Å². The van der Waals surface area contributed by atoms with Gasteiger partial charge >= 0.3 is 5.97 Å². The van der Waals surface area contributed by atoms with E-state index in [0.29, 0.717) is 5.75 Å². The van der Waals surface area contributed by atoms with Crippen molar-refractivity contribution in [2.75, 3.05) is 20.2 Å². The highest BCUT2D eigenvalue weighted by atomic mass is 35.5. The molecule has 1 aliphatic heterocycles. The Bertz CT molecular complexity index is 677. The standard InChI is InChI=1S/C13H16ClNO6S/c1-21-12-3-2-8(6-10(12)14)22(19,20)15-5-4-11(16)9(7-15)13(17)18/h2-3,6,9,11,16H,4-5,7H2,1H3,(H,17,18)/t9-,11+/m0/s1. The van der Waals surface area contributed by atoms with Crippen LogP contribution in [0.4, 0.5) is 0 Å². The third-order valence-electron chi connectivity index (χ3n) is 3.62. The van der Waals surface area contributed by atoms with Crippen molar-refractivity contribution in [1.82, 2.24) is 4.31 Å². The van der Waals surface area contributed by atoms with E-state index in [1.807, 2.05) is 0 Å². The number of nitrogens with zero attached hydrogens (tertiary/aromatic N) is 1. The minimum absolute atomic E-state index is 0.0428. The van der Waals surface area contributed by atoms with Crippen LogP contribution < -0.4 is 4.74 Å². The van der Waals surface area contributed by atoms with Gasteiger partial charge in [-0.1, -0.05) is 11.6 Å². The van der Waals surface area contributed by atoms with E-state index in [4.69, 9.17) is 21.4 Å². The Kier molecular flexibility index (Phi) is 4.96. The van der Waals surface area contributed by atoms with Gasteiger partial charge in [-0.25, -0.2) is 8.42 Å². The van der Waals surface area contributed by atoms with Crippen molar-refractivity contribution >= 4 is 27.6 Å². The number of aliphatic hydroxyl groups is 1. The fourth-order valence-corrected chi connectivity index (χ4v) is 4.16. The molecule has 2 N–H and O–H groups in total. The number of carbonyl (C=O) groups is 1. The van der Waals surface area contributed by atoms with Crippen LogP contribution in [0.5, 0.6) is 5.75 Å². The monoisotopic (exact) mass is 349 g/mol. The largest absolute Gasteiger partial charge is 0.495 e. The zero-order valence-corrected chi connectivity index (χ0v) is 13.3. The molecule has 1 aliphatic rings. The molecular formula is C13H16ClNO6S. The molecule has 1 aromatic rings. The molecule has 0 bridgehead atoms. The molecule has 0 aromatic heterocycles. The highest BCUT2D eigenvalue weighted by Crippen LogP contribution is 2.30. The van der Waals surface area contributed by atoms with Crippen LogP contribution in [0, 0.1) is 5.92 Å². The third kappa shape index (κ3) is 3.19. The first kappa shape index (κ1) is 17.0. The molecule has 1 aromatic carbocycles. The second-order valence-electron chi connectivity index (χ2n) is 4.96. The van der Waals surface area contributed by atoms with Crippen molar-refractivity contribution in [2.45, 2.75) is 17.4 Å². The topological polar surface area (TPSA) is 104 Å². The van der Waals surface area contributed by atoms with Crippen LogP contribution in [0.3, 0.4) is 0 Å². The lowest BCUT2D eigenvalue weighted by Crippen LogP contribution is -2.48. The van der Waals surface area contributed by atoms with E-state index in [2.05, 4.69) is 0 Å². The summed E-state index contributed by atoms with van der Waals surface area (Å²) in [5.74, 6) is -2.02. The Morgan fingerprint density at radius 1 is 1.45 bits per heavy atom. The molecule has 1 saturated heterocycles. The number of methoxy groups -OCH3 is 1. The molecule has 0 saturated carbocycles. The van der Waals surface area contributed by atoms with Crippen LogP contribution >= 0.6 is 11.6 Å². The van der Waals surface area contributed by atoms with Crippen LogP contribution in [0.15, 0.2) is 23.1 Å². The average molecular weight is 350 g/mol. The van der Waals surface area contributed by atoms with Gasteiger partial charge in [0.1, 0.15) is 5.75 Å². The molecule has 0 amide bonds. The van der Waals surface area contributed by atoms with E-state index >= 15 is 0 Å². The summed E-state index contributed by atoms with van der Waals surface area (Å²) >= 11 is 5.93. The van der Waals surface area contributed by atoms with Crippen LogP contribution in [0.25, 0.3) is 0 Å². The van der Waals surface area contributed by atoms with Gasteiger partial charge < -0.3 is 14.9 Å². The molecule has 9 heteroatoms. The summed E-state index contributed by atoms with van der Waals surface area (Å²) in [5, 5.41) is 18.9. The fourth-order valence-electron chi connectivity index (χ4n) is 2.33. The molecule has 0 aliphatic carbocycles. The number of piperidine rings is 1. The second kappa shape index (κ2) is 6.41. The van der Waals surface area contributed by atoms with Gasteiger partial charge in [0.2, 0.25) is 10.0 Å². The van der Waals surface area contributed by atoms with E-state index in [-0.39, 0.29) is 29.4 Å². The van der Waals surface area contributed by atoms with Crippen LogP contribution in [0.1, 0.15) is 6.42 Å². The molecule has 7 nitrogen and oxygen atoms in total. The lowest BCUT2D eigenvalue weighted by atomic mass is 9.96. The number of hydrogen-bond donors (Lipinski definition) is 2. The van der Waals surface area contributed by atoms with Crippen LogP contribution in [-0.2, 0) is 14.8 Å².